The molecule has 0 aliphatic heterocycles. The van der Waals surface area contributed by atoms with Crippen molar-refractivity contribution in [3.63, 3.8) is 0 Å². The fourth-order valence-electron chi connectivity index (χ4n) is 2.63. The standard InChI is InChI=1S/C20H16O3/c21-19(22)20(23,17-9-5-2-6-10-17)18-13-11-16(12-14-18)15-7-3-1-4-8-15/h1-14,23H,(H,21,22)/t20-/m1/s1. The van der Waals surface area contributed by atoms with Crippen LogP contribution < -0.4 is 0 Å². The summed E-state index contributed by atoms with van der Waals surface area (Å²) in [7, 11) is 0. The first-order valence-corrected chi connectivity index (χ1v) is 7.29. The van der Waals surface area contributed by atoms with E-state index >= 15 is 0 Å². The molecular formula is C20H16O3. The van der Waals surface area contributed by atoms with Gasteiger partial charge in [0.15, 0.2) is 0 Å². The zero-order chi connectivity index (χ0) is 16.3. The molecule has 0 bridgehead atoms. The van der Waals surface area contributed by atoms with Crippen LogP contribution in [-0.2, 0) is 10.4 Å². The van der Waals surface area contributed by atoms with Crippen molar-refractivity contribution in [2.24, 2.45) is 0 Å². The number of carboxylic acids is 1. The van der Waals surface area contributed by atoms with Crippen molar-refractivity contribution in [2.75, 3.05) is 0 Å². The van der Waals surface area contributed by atoms with Gasteiger partial charge in [-0.15, -0.1) is 0 Å². The molecule has 3 aromatic carbocycles. The molecule has 0 saturated carbocycles. The lowest BCUT2D eigenvalue weighted by atomic mass is 9.85. The number of rotatable bonds is 4. The van der Waals surface area contributed by atoms with Crippen LogP contribution in [0.25, 0.3) is 11.1 Å². The van der Waals surface area contributed by atoms with Gasteiger partial charge in [0.1, 0.15) is 0 Å². The van der Waals surface area contributed by atoms with E-state index in [0.29, 0.717) is 11.1 Å². The summed E-state index contributed by atoms with van der Waals surface area (Å²) < 4.78 is 0. The van der Waals surface area contributed by atoms with E-state index in [1.807, 2.05) is 42.5 Å². The normalized spacial score (nSPS) is 13.3. The Balaban J connectivity index is 2.04. The third-order valence-corrected chi connectivity index (χ3v) is 3.91. The topological polar surface area (TPSA) is 57.5 Å². The quantitative estimate of drug-likeness (QED) is 0.773. The highest BCUT2D eigenvalue weighted by Crippen LogP contribution is 2.31. The summed E-state index contributed by atoms with van der Waals surface area (Å²) in [4.78, 5) is 11.7. The molecule has 23 heavy (non-hydrogen) atoms. The predicted molar refractivity (Wildman–Crippen MR) is 89.0 cm³/mol. The van der Waals surface area contributed by atoms with Crippen LogP contribution in [0.3, 0.4) is 0 Å². The van der Waals surface area contributed by atoms with Gasteiger partial charge in [-0.2, -0.15) is 0 Å². The van der Waals surface area contributed by atoms with E-state index in [4.69, 9.17) is 0 Å². The van der Waals surface area contributed by atoms with Gasteiger partial charge in [-0.05, 0) is 22.3 Å². The zero-order valence-corrected chi connectivity index (χ0v) is 12.4. The minimum atomic E-state index is -2.06. The highest BCUT2D eigenvalue weighted by Gasteiger charge is 2.39. The molecule has 0 aliphatic rings. The van der Waals surface area contributed by atoms with Crippen LogP contribution in [0.15, 0.2) is 84.9 Å². The highest BCUT2D eigenvalue weighted by atomic mass is 16.4. The summed E-state index contributed by atoms with van der Waals surface area (Å²) in [6, 6.07) is 25.2. The van der Waals surface area contributed by atoms with E-state index in [2.05, 4.69) is 0 Å². The summed E-state index contributed by atoms with van der Waals surface area (Å²) in [5, 5.41) is 20.4. The molecule has 0 heterocycles. The number of hydrogen-bond acceptors (Lipinski definition) is 2. The molecule has 0 radical (unpaired) electrons. The number of aliphatic carboxylic acids is 1. The largest absolute Gasteiger partial charge is 0.479 e. The fourth-order valence-corrected chi connectivity index (χ4v) is 2.63. The summed E-state index contributed by atoms with van der Waals surface area (Å²) in [5.74, 6) is -1.30. The molecule has 2 N–H and O–H groups in total. The number of aliphatic hydroxyl groups is 1. The van der Waals surface area contributed by atoms with Gasteiger partial charge in [-0.25, -0.2) is 4.79 Å². The first-order valence-electron chi connectivity index (χ1n) is 7.29. The van der Waals surface area contributed by atoms with Crippen LogP contribution >= 0.6 is 0 Å². The second kappa shape index (κ2) is 6.07. The van der Waals surface area contributed by atoms with Crippen LogP contribution in [-0.4, -0.2) is 16.2 Å². The second-order valence-corrected chi connectivity index (χ2v) is 5.32. The van der Waals surface area contributed by atoms with E-state index in [9.17, 15) is 15.0 Å². The van der Waals surface area contributed by atoms with E-state index in [0.717, 1.165) is 11.1 Å². The van der Waals surface area contributed by atoms with Crippen LogP contribution in [0.2, 0.25) is 0 Å². The average molecular weight is 304 g/mol. The summed E-state index contributed by atoms with van der Waals surface area (Å²) >= 11 is 0. The van der Waals surface area contributed by atoms with Crippen molar-refractivity contribution in [1.82, 2.24) is 0 Å². The minimum Gasteiger partial charge on any atom is -0.479 e. The predicted octanol–water partition coefficient (Wildman–Crippen LogP) is 3.67. The monoisotopic (exact) mass is 304 g/mol. The van der Waals surface area contributed by atoms with Crippen molar-refractivity contribution in [2.45, 2.75) is 5.60 Å². The molecule has 0 spiro atoms. The molecule has 0 amide bonds. The van der Waals surface area contributed by atoms with Crippen LogP contribution in [0.5, 0.6) is 0 Å². The van der Waals surface area contributed by atoms with Gasteiger partial charge in [-0.1, -0.05) is 84.9 Å². The molecule has 1 atom stereocenters. The molecule has 3 aromatic rings. The molecule has 3 nitrogen and oxygen atoms in total. The van der Waals surface area contributed by atoms with Crippen molar-refractivity contribution < 1.29 is 15.0 Å². The molecular weight excluding hydrogens is 288 g/mol. The highest BCUT2D eigenvalue weighted by molar-refractivity contribution is 5.84. The van der Waals surface area contributed by atoms with E-state index in [1.54, 1.807) is 42.5 Å². The van der Waals surface area contributed by atoms with Crippen molar-refractivity contribution in [3.8, 4) is 11.1 Å². The van der Waals surface area contributed by atoms with Gasteiger partial charge in [0.05, 0.1) is 0 Å². The third kappa shape index (κ3) is 2.74. The Hall–Kier alpha value is -2.91. The Bertz CT molecular complexity index is 795. The maximum Gasteiger partial charge on any atom is 0.345 e. The summed E-state index contributed by atoms with van der Waals surface area (Å²) in [6.45, 7) is 0. The van der Waals surface area contributed by atoms with E-state index < -0.39 is 11.6 Å². The lowest BCUT2D eigenvalue weighted by Crippen LogP contribution is -2.36. The van der Waals surface area contributed by atoms with Gasteiger partial charge in [-0.3, -0.25) is 0 Å². The van der Waals surface area contributed by atoms with Gasteiger partial charge in [0.2, 0.25) is 5.60 Å². The fraction of sp³-hybridized carbons (Fsp3) is 0.0500. The maximum atomic E-state index is 11.7. The lowest BCUT2D eigenvalue weighted by Gasteiger charge is -2.24. The summed E-state index contributed by atoms with van der Waals surface area (Å²) in [6.07, 6.45) is 0. The molecule has 114 valence electrons. The number of carboxylic acid groups (broad SMARTS) is 1. The molecule has 0 saturated heterocycles. The van der Waals surface area contributed by atoms with Crippen LogP contribution in [0, 0.1) is 0 Å². The molecule has 3 rings (SSSR count). The Morgan fingerprint density at radius 1 is 0.652 bits per heavy atom. The van der Waals surface area contributed by atoms with Gasteiger partial charge >= 0.3 is 5.97 Å². The third-order valence-electron chi connectivity index (χ3n) is 3.91. The van der Waals surface area contributed by atoms with Gasteiger partial charge < -0.3 is 10.2 Å². The molecule has 0 unspecified atom stereocenters. The lowest BCUT2D eigenvalue weighted by molar-refractivity contribution is -0.155. The minimum absolute atomic E-state index is 0.330. The Morgan fingerprint density at radius 3 is 1.61 bits per heavy atom. The summed E-state index contributed by atoms with van der Waals surface area (Å²) in [5.41, 5.74) is 0.611. The van der Waals surface area contributed by atoms with Crippen LogP contribution in [0.1, 0.15) is 11.1 Å². The molecule has 0 aromatic heterocycles. The van der Waals surface area contributed by atoms with Crippen LogP contribution in [0.4, 0.5) is 0 Å². The molecule has 0 aliphatic carbocycles. The van der Waals surface area contributed by atoms with Crippen molar-refractivity contribution >= 4 is 5.97 Å². The number of hydrogen-bond donors (Lipinski definition) is 2. The SMILES string of the molecule is O=C(O)[C@@](O)(c1ccccc1)c1ccc(-c2ccccc2)cc1. The Morgan fingerprint density at radius 2 is 1.09 bits per heavy atom. The average Bonchev–Trinajstić information content (AvgIpc) is 2.62. The van der Waals surface area contributed by atoms with Crippen molar-refractivity contribution in [1.29, 1.82) is 0 Å². The first kappa shape index (κ1) is 15.0. The van der Waals surface area contributed by atoms with E-state index in [-0.39, 0.29) is 0 Å². The molecule has 3 heteroatoms. The van der Waals surface area contributed by atoms with Gasteiger partial charge in [0.25, 0.3) is 0 Å². The first-order chi connectivity index (χ1) is 11.1. The zero-order valence-electron chi connectivity index (χ0n) is 12.4. The second-order valence-electron chi connectivity index (χ2n) is 5.32. The number of benzene rings is 3. The Labute approximate surface area is 134 Å². The molecule has 0 fully saturated rings. The van der Waals surface area contributed by atoms with E-state index in [1.165, 1.54) is 0 Å². The van der Waals surface area contributed by atoms with Crippen molar-refractivity contribution in [3.05, 3.63) is 96.1 Å². The number of carbonyl (C=O) groups is 1. The maximum absolute atomic E-state index is 11.7. The van der Waals surface area contributed by atoms with Gasteiger partial charge in [0, 0.05) is 0 Å². The smallest absolute Gasteiger partial charge is 0.345 e. The Kier molecular flexibility index (Phi) is 3.96.